The molecule has 0 aliphatic carbocycles. The lowest BCUT2D eigenvalue weighted by Gasteiger charge is -2.31. The normalized spacial score (nSPS) is 15.8. The van der Waals surface area contributed by atoms with Crippen molar-refractivity contribution in [2.24, 2.45) is 0 Å². The average molecular weight is 369 g/mol. The van der Waals surface area contributed by atoms with Gasteiger partial charge in [0.15, 0.2) is 0 Å². The van der Waals surface area contributed by atoms with Crippen LogP contribution in [-0.4, -0.2) is 58.6 Å². The maximum Gasteiger partial charge on any atom is 0.240 e. The van der Waals surface area contributed by atoms with Gasteiger partial charge in [-0.15, -0.1) is 0 Å². The summed E-state index contributed by atoms with van der Waals surface area (Å²) in [6.07, 6.45) is 2.01. The molecule has 0 unspecified atom stereocenters. The Morgan fingerprint density at radius 2 is 1.92 bits per heavy atom. The number of carbonyl (C=O) groups excluding carboxylic acids is 1. The van der Waals surface area contributed by atoms with E-state index in [1.807, 2.05) is 6.92 Å². The van der Waals surface area contributed by atoms with Crippen LogP contribution in [0.1, 0.15) is 26.2 Å². The second-order valence-corrected chi connectivity index (χ2v) is 7.80. The third-order valence-electron chi connectivity index (χ3n) is 4.33. The molecule has 8 heteroatoms. The topological polar surface area (TPSA) is 87.7 Å². The van der Waals surface area contributed by atoms with E-state index in [4.69, 9.17) is 4.74 Å². The zero-order valence-electron chi connectivity index (χ0n) is 14.8. The summed E-state index contributed by atoms with van der Waals surface area (Å²) in [4.78, 5) is 14.1. The van der Waals surface area contributed by atoms with Crippen LogP contribution in [0.25, 0.3) is 0 Å². The molecule has 1 aromatic carbocycles. The predicted octanol–water partition coefficient (Wildman–Crippen LogP) is 0.964. The molecule has 0 atom stereocenters. The van der Waals surface area contributed by atoms with Gasteiger partial charge in [0.25, 0.3) is 0 Å². The average Bonchev–Trinajstić information content (AvgIpc) is 2.62. The second kappa shape index (κ2) is 9.17. The Morgan fingerprint density at radius 1 is 1.28 bits per heavy atom. The van der Waals surface area contributed by atoms with Crippen LogP contribution >= 0.6 is 0 Å². The molecule has 1 amide bonds. The third-order valence-corrected chi connectivity index (χ3v) is 5.80. The van der Waals surface area contributed by atoms with Crippen LogP contribution in [-0.2, 0) is 14.8 Å². The van der Waals surface area contributed by atoms with Crippen LogP contribution in [0.4, 0.5) is 0 Å². The smallest absolute Gasteiger partial charge is 0.240 e. The third kappa shape index (κ3) is 5.69. The first-order chi connectivity index (χ1) is 11.9. The number of ether oxygens (including phenoxy) is 1. The zero-order chi connectivity index (χ0) is 18.3. The lowest BCUT2D eigenvalue weighted by Crippen LogP contribution is -2.44. The largest absolute Gasteiger partial charge is 0.494 e. The molecular formula is C17H27N3O4S. The zero-order valence-corrected chi connectivity index (χ0v) is 15.6. The van der Waals surface area contributed by atoms with E-state index in [9.17, 15) is 13.2 Å². The molecule has 25 heavy (non-hydrogen) atoms. The molecule has 140 valence electrons. The van der Waals surface area contributed by atoms with Crippen molar-refractivity contribution in [2.75, 3.05) is 33.3 Å². The number of nitrogens with one attached hydrogen (secondary N) is 2. The molecule has 1 aliphatic heterocycles. The van der Waals surface area contributed by atoms with E-state index in [0.29, 0.717) is 12.4 Å². The van der Waals surface area contributed by atoms with Crippen molar-refractivity contribution < 1.29 is 17.9 Å². The quantitative estimate of drug-likeness (QED) is 0.713. The number of hydrogen-bond acceptors (Lipinski definition) is 5. The molecule has 2 rings (SSSR count). The van der Waals surface area contributed by atoms with Crippen molar-refractivity contribution in [3.63, 3.8) is 0 Å². The number of piperidine rings is 1. The van der Waals surface area contributed by atoms with E-state index in [-0.39, 0.29) is 29.8 Å². The number of benzene rings is 1. The lowest BCUT2D eigenvalue weighted by molar-refractivity contribution is -0.132. The summed E-state index contributed by atoms with van der Waals surface area (Å²) in [5, 5.41) is 3.26. The number of amides is 1. The van der Waals surface area contributed by atoms with Crippen LogP contribution < -0.4 is 14.8 Å². The Hall–Kier alpha value is -1.64. The first-order valence-corrected chi connectivity index (χ1v) is 10.1. The van der Waals surface area contributed by atoms with Gasteiger partial charge in [-0.25, -0.2) is 13.1 Å². The van der Waals surface area contributed by atoms with E-state index < -0.39 is 10.0 Å². The van der Waals surface area contributed by atoms with Crippen LogP contribution in [0.2, 0.25) is 0 Å². The molecule has 0 bridgehead atoms. The van der Waals surface area contributed by atoms with Crippen molar-refractivity contribution in [1.82, 2.24) is 14.9 Å². The second-order valence-electron chi connectivity index (χ2n) is 6.04. The van der Waals surface area contributed by atoms with Crippen molar-refractivity contribution in [3.8, 4) is 5.75 Å². The maximum atomic E-state index is 12.3. The highest BCUT2D eigenvalue weighted by Crippen LogP contribution is 2.16. The summed E-state index contributed by atoms with van der Waals surface area (Å²) in [7, 11) is -1.83. The fourth-order valence-corrected chi connectivity index (χ4v) is 3.86. The highest BCUT2D eigenvalue weighted by atomic mass is 32.2. The molecule has 0 spiro atoms. The van der Waals surface area contributed by atoms with Gasteiger partial charge in [0.05, 0.1) is 11.5 Å². The van der Waals surface area contributed by atoms with E-state index >= 15 is 0 Å². The van der Waals surface area contributed by atoms with Gasteiger partial charge >= 0.3 is 0 Å². The molecule has 1 fully saturated rings. The molecule has 1 aromatic rings. The summed E-state index contributed by atoms with van der Waals surface area (Å²) >= 11 is 0. The first kappa shape index (κ1) is 19.7. The van der Waals surface area contributed by atoms with E-state index in [1.54, 1.807) is 24.1 Å². The molecule has 1 saturated heterocycles. The Balaban J connectivity index is 1.83. The van der Waals surface area contributed by atoms with Crippen LogP contribution in [0.3, 0.4) is 0 Å². The molecular weight excluding hydrogens is 342 g/mol. The number of carbonyl (C=O) groups is 1. The Labute approximate surface area is 149 Å². The monoisotopic (exact) mass is 369 g/mol. The molecule has 1 aliphatic rings. The highest BCUT2D eigenvalue weighted by molar-refractivity contribution is 7.89. The fourth-order valence-electron chi connectivity index (χ4n) is 2.83. The van der Waals surface area contributed by atoms with Gasteiger partial charge in [0, 0.05) is 26.1 Å². The minimum absolute atomic E-state index is 0.0405. The van der Waals surface area contributed by atoms with Gasteiger partial charge in [0.1, 0.15) is 5.75 Å². The van der Waals surface area contributed by atoms with Gasteiger partial charge < -0.3 is 15.0 Å². The minimum Gasteiger partial charge on any atom is -0.494 e. The molecule has 2 N–H and O–H groups in total. The van der Waals surface area contributed by atoms with Crippen molar-refractivity contribution in [2.45, 2.75) is 37.1 Å². The van der Waals surface area contributed by atoms with E-state index in [2.05, 4.69) is 10.0 Å². The Morgan fingerprint density at radius 3 is 2.52 bits per heavy atom. The number of rotatable bonds is 8. The van der Waals surface area contributed by atoms with Gasteiger partial charge in [-0.2, -0.15) is 0 Å². The fraction of sp³-hybridized carbons (Fsp3) is 0.588. The van der Waals surface area contributed by atoms with Crippen molar-refractivity contribution >= 4 is 15.9 Å². The van der Waals surface area contributed by atoms with Crippen LogP contribution in [0, 0.1) is 0 Å². The Kier molecular flexibility index (Phi) is 7.22. The maximum absolute atomic E-state index is 12.3. The van der Waals surface area contributed by atoms with E-state index in [0.717, 1.165) is 25.9 Å². The summed E-state index contributed by atoms with van der Waals surface area (Å²) < 4.78 is 32.3. The van der Waals surface area contributed by atoms with Crippen molar-refractivity contribution in [1.29, 1.82) is 0 Å². The number of nitrogens with zero attached hydrogens (tertiary/aromatic N) is 1. The van der Waals surface area contributed by atoms with Crippen LogP contribution in [0.5, 0.6) is 5.75 Å². The predicted molar refractivity (Wildman–Crippen MR) is 96.1 cm³/mol. The van der Waals surface area contributed by atoms with Gasteiger partial charge in [-0.3, -0.25) is 4.79 Å². The summed E-state index contributed by atoms with van der Waals surface area (Å²) in [5.74, 6) is 0.585. The SMILES string of the molecule is CCOc1ccc(S(=O)(=O)NCCC(=O)N(C)C2CCNCC2)cc1. The molecule has 0 aromatic heterocycles. The molecule has 1 heterocycles. The summed E-state index contributed by atoms with van der Waals surface area (Å²) in [6.45, 7) is 4.30. The van der Waals surface area contributed by atoms with Gasteiger partial charge in [-0.05, 0) is 57.1 Å². The standard InChI is InChI=1S/C17H27N3O4S/c1-3-24-15-4-6-16(7-5-15)25(22,23)19-13-10-17(21)20(2)14-8-11-18-12-9-14/h4-7,14,18-19H,3,8-13H2,1-2H3. The summed E-state index contributed by atoms with van der Waals surface area (Å²) in [6, 6.07) is 6.46. The Bertz CT molecular complexity index is 655. The highest BCUT2D eigenvalue weighted by Gasteiger charge is 2.22. The van der Waals surface area contributed by atoms with E-state index in [1.165, 1.54) is 12.1 Å². The van der Waals surface area contributed by atoms with Crippen LogP contribution in [0.15, 0.2) is 29.2 Å². The lowest BCUT2D eigenvalue weighted by atomic mass is 10.1. The summed E-state index contributed by atoms with van der Waals surface area (Å²) in [5.41, 5.74) is 0. The minimum atomic E-state index is -3.62. The van der Waals surface area contributed by atoms with Gasteiger partial charge in [-0.1, -0.05) is 0 Å². The van der Waals surface area contributed by atoms with Gasteiger partial charge in [0.2, 0.25) is 15.9 Å². The number of hydrogen-bond donors (Lipinski definition) is 2. The molecule has 0 saturated carbocycles. The first-order valence-electron chi connectivity index (χ1n) is 8.63. The van der Waals surface area contributed by atoms with Crippen molar-refractivity contribution in [3.05, 3.63) is 24.3 Å². The molecule has 7 nitrogen and oxygen atoms in total. The molecule has 0 radical (unpaired) electrons. The number of sulfonamides is 1.